The Hall–Kier alpha value is -1.71. The summed E-state index contributed by atoms with van der Waals surface area (Å²) in [6.45, 7) is 0. The van der Waals surface area contributed by atoms with Gasteiger partial charge in [-0.05, 0) is 23.8 Å². The molecule has 25 heavy (non-hydrogen) atoms. The van der Waals surface area contributed by atoms with Crippen LogP contribution >= 0.6 is 11.6 Å². The van der Waals surface area contributed by atoms with Gasteiger partial charge in [0.2, 0.25) is 0 Å². The number of hydrogen-bond acceptors (Lipinski definition) is 3. The van der Waals surface area contributed by atoms with Crippen LogP contribution in [0.2, 0.25) is 0 Å². The maximum Gasteiger partial charge on any atom is 0.419 e. The lowest BCUT2D eigenvalue weighted by atomic mass is 9.76. The van der Waals surface area contributed by atoms with Gasteiger partial charge in [-0.3, -0.25) is 0 Å². The minimum Gasteiger partial charge on any atom is -0.496 e. The van der Waals surface area contributed by atoms with Crippen molar-refractivity contribution in [3.63, 3.8) is 0 Å². The van der Waals surface area contributed by atoms with E-state index in [9.17, 15) is 26.3 Å². The lowest BCUT2D eigenvalue weighted by molar-refractivity contribution is -0.170. The molecular formula is C15H13ClF6N2O. The molecule has 0 saturated heterocycles. The Morgan fingerprint density at radius 3 is 2.24 bits per heavy atom. The average molecular weight is 387 g/mol. The molecule has 2 rings (SSSR count). The first-order chi connectivity index (χ1) is 11.3. The third kappa shape index (κ3) is 3.23. The summed E-state index contributed by atoms with van der Waals surface area (Å²) in [4.78, 5) is 0. The molecule has 0 fully saturated rings. The molecule has 1 aliphatic rings. The Balaban J connectivity index is 2.76. The lowest BCUT2D eigenvalue weighted by Gasteiger charge is -2.40. The van der Waals surface area contributed by atoms with Gasteiger partial charge in [0, 0.05) is 10.6 Å². The van der Waals surface area contributed by atoms with Gasteiger partial charge in [0.15, 0.2) is 5.54 Å². The molecule has 4 N–H and O–H groups in total. The number of rotatable bonds is 2. The average Bonchev–Trinajstić information content (AvgIpc) is 2.49. The van der Waals surface area contributed by atoms with Crippen LogP contribution < -0.4 is 16.2 Å². The van der Waals surface area contributed by atoms with Crippen molar-refractivity contribution in [1.82, 2.24) is 0 Å². The zero-order chi connectivity index (χ0) is 19.2. The number of allylic oxidation sites excluding steroid dienone is 2. The van der Waals surface area contributed by atoms with E-state index in [1.54, 1.807) is 0 Å². The highest BCUT2D eigenvalue weighted by molar-refractivity contribution is 6.35. The smallest absolute Gasteiger partial charge is 0.419 e. The van der Waals surface area contributed by atoms with E-state index < -0.39 is 51.4 Å². The molecule has 138 valence electrons. The molecule has 10 heteroatoms. The highest BCUT2D eigenvalue weighted by Gasteiger charge is 2.59. The Kier molecular flexibility index (Phi) is 4.88. The van der Waals surface area contributed by atoms with Crippen molar-refractivity contribution in [2.24, 2.45) is 11.5 Å². The van der Waals surface area contributed by atoms with Gasteiger partial charge in [-0.2, -0.15) is 26.3 Å². The van der Waals surface area contributed by atoms with Crippen LogP contribution in [-0.4, -0.2) is 24.9 Å². The molecule has 0 saturated carbocycles. The highest BCUT2D eigenvalue weighted by Crippen LogP contribution is 2.47. The molecule has 0 aliphatic heterocycles. The highest BCUT2D eigenvalue weighted by atomic mass is 35.5. The molecule has 0 aromatic heterocycles. The van der Waals surface area contributed by atoms with Gasteiger partial charge in [-0.15, -0.1) is 0 Å². The van der Waals surface area contributed by atoms with Crippen LogP contribution in [-0.2, 0) is 6.18 Å². The second-order valence-corrected chi connectivity index (χ2v) is 5.79. The Labute approximate surface area is 143 Å². The van der Waals surface area contributed by atoms with Crippen LogP contribution in [0.15, 0.2) is 35.4 Å². The molecular weight excluding hydrogens is 374 g/mol. The number of hydrogen-bond donors (Lipinski definition) is 2. The molecule has 0 amide bonds. The van der Waals surface area contributed by atoms with Crippen LogP contribution in [0.1, 0.15) is 11.1 Å². The number of nitrogens with two attached hydrogens (primary N) is 2. The fourth-order valence-electron chi connectivity index (χ4n) is 2.58. The first-order valence-electron chi connectivity index (χ1n) is 6.79. The molecule has 2 unspecified atom stereocenters. The molecule has 2 atom stereocenters. The quantitative estimate of drug-likeness (QED) is 0.760. The summed E-state index contributed by atoms with van der Waals surface area (Å²) in [6, 6.07) is 0.706. The van der Waals surface area contributed by atoms with E-state index in [1.165, 1.54) is 0 Å². The minimum atomic E-state index is -5.05. The molecule has 1 aliphatic carbocycles. The van der Waals surface area contributed by atoms with Crippen molar-refractivity contribution in [3.8, 4) is 5.75 Å². The van der Waals surface area contributed by atoms with Gasteiger partial charge in [-0.1, -0.05) is 23.7 Å². The van der Waals surface area contributed by atoms with Crippen molar-refractivity contribution in [2.45, 2.75) is 23.9 Å². The predicted molar refractivity (Wildman–Crippen MR) is 80.9 cm³/mol. The van der Waals surface area contributed by atoms with E-state index >= 15 is 0 Å². The predicted octanol–water partition coefficient (Wildman–Crippen LogP) is 3.82. The minimum absolute atomic E-state index is 0.445. The second kappa shape index (κ2) is 6.22. The summed E-state index contributed by atoms with van der Waals surface area (Å²) in [5, 5.41) is -0.445. The standard InChI is InChI=1S/C15H13ClF6N2O/c1-25-10-4-2-7(6-8(10)14(17,18)19)12-9(16)3-5-11(23)13(12,24)15(20,21)22/h2-6,11H,23-24H2,1H3. The third-order valence-electron chi connectivity index (χ3n) is 3.89. The Bertz CT molecular complexity index is 741. The van der Waals surface area contributed by atoms with Gasteiger partial charge in [0.05, 0.1) is 18.7 Å². The third-order valence-corrected chi connectivity index (χ3v) is 4.21. The Morgan fingerprint density at radius 2 is 1.76 bits per heavy atom. The number of benzene rings is 1. The maximum absolute atomic E-state index is 13.6. The number of ether oxygens (including phenoxy) is 1. The first-order valence-corrected chi connectivity index (χ1v) is 7.17. The van der Waals surface area contributed by atoms with Gasteiger partial charge in [0.1, 0.15) is 5.75 Å². The number of methoxy groups -OCH3 is 1. The van der Waals surface area contributed by atoms with E-state index in [0.717, 1.165) is 31.4 Å². The van der Waals surface area contributed by atoms with Crippen LogP contribution in [0.25, 0.3) is 5.57 Å². The fourth-order valence-corrected chi connectivity index (χ4v) is 2.92. The largest absolute Gasteiger partial charge is 0.496 e. The Morgan fingerprint density at radius 1 is 1.16 bits per heavy atom. The van der Waals surface area contributed by atoms with E-state index in [4.69, 9.17) is 23.1 Å². The van der Waals surface area contributed by atoms with E-state index in [2.05, 4.69) is 4.74 Å². The van der Waals surface area contributed by atoms with E-state index in [1.807, 2.05) is 0 Å². The number of alkyl halides is 6. The van der Waals surface area contributed by atoms with Gasteiger partial charge in [0.25, 0.3) is 0 Å². The molecule has 0 spiro atoms. The summed E-state index contributed by atoms with van der Waals surface area (Å²) < 4.78 is 84.9. The molecule has 1 aromatic rings. The summed E-state index contributed by atoms with van der Waals surface area (Å²) in [5.41, 5.74) is 5.44. The van der Waals surface area contributed by atoms with Crippen molar-refractivity contribution in [2.75, 3.05) is 7.11 Å². The van der Waals surface area contributed by atoms with Crippen LogP contribution in [0.3, 0.4) is 0 Å². The normalized spacial score (nSPS) is 24.6. The molecule has 0 radical (unpaired) electrons. The van der Waals surface area contributed by atoms with Crippen molar-refractivity contribution in [3.05, 3.63) is 46.5 Å². The lowest BCUT2D eigenvalue weighted by Crippen LogP contribution is -2.65. The van der Waals surface area contributed by atoms with Gasteiger partial charge < -0.3 is 16.2 Å². The first kappa shape index (κ1) is 19.6. The molecule has 0 heterocycles. The SMILES string of the molecule is COc1ccc(C2=C(Cl)C=CC(N)C2(N)C(F)(F)F)cc1C(F)(F)F. The number of halogens is 7. The monoisotopic (exact) mass is 386 g/mol. The second-order valence-electron chi connectivity index (χ2n) is 5.39. The van der Waals surface area contributed by atoms with Crippen molar-refractivity contribution >= 4 is 17.2 Å². The summed E-state index contributed by atoms with van der Waals surface area (Å²) in [7, 11) is 1.01. The summed E-state index contributed by atoms with van der Waals surface area (Å²) in [6.07, 6.45) is -7.87. The topological polar surface area (TPSA) is 61.3 Å². The van der Waals surface area contributed by atoms with Gasteiger partial charge in [-0.25, -0.2) is 0 Å². The summed E-state index contributed by atoms with van der Waals surface area (Å²) >= 11 is 5.86. The zero-order valence-corrected chi connectivity index (χ0v) is 13.4. The fraction of sp³-hybridized carbons (Fsp3) is 0.333. The van der Waals surface area contributed by atoms with Crippen molar-refractivity contribution < 1.29 is 31.1 Å². The molecule has 0 bridgehead atoms. The zero-order valence-electron chi connectivity index (χ0n) is 12.7. The van der Waals surface area contributed by atoms with Crippen LogP contribution in [0.4, 0.5) is 26.3 Å². The van der Waals surface area contributed by atoms with Gasteiger partial charge >= 0.3 is 12.4 Å². The van der Waals surface area contributed by atoms with E-state index in [0.29, 0.717) is 6.07 Å². The van der Waals surface area contributed by atoms with E-state index in [-0.39, 0.29) is 0 Å². The van der Waals surface area contributed by atoms with Crippen molar-refractivity contribution in [1.29, 1.82) is 0 Å². The van der Waals surface area contributed by atoms with Crippen LogP contribution in [0.5, 0.6) is 5.75 Å². The summed E-state index contributed by atoms with van der Waals surface area (Å²) in [5.74, 6) is -0.543. The molecule has 1 aromatic carbocycles. The molecule has 3 nitrogen and oxygen atoms in total. The maximum atomic E-state index is 13.6. The van der Waals surface area contributed by atoms with Crippen LogP contribution in [0, 0.1) is 0 Å².